The highest BCUT2D eigenvalue weighted by atomic mass is 16.5. The van der Waals surface area contributed by atoms with Crippen molar-refractivity contribution < 1.29 is 4.74 Å². The molecule has 6 aromatic rings. The van der Waals surface area contributed by atoms with Gasteiger partial charge in [0.2, 0.25) is 0 Å². The van der Waals surface area contributed by atoms with Gasteiger partial charge in [0.05, 0.1) is 5.69 Å². The van der Waals surface area contributed by atoms with E-state index in [0.717, 1.165) is 22.9 Å². The second kappa shape index (κ2) is 10.6. The van der Waals surface area contributed by atoms with E-state index in [-0.39, 0.29) is 23.0 Å². The maximum Gasteiger partial charge on any atom is 0.251 e. The van der Waals surface area contributed by atoms with E-state index in [9.17, 15) is 0 Å². The minimum atomic E-state index is -0.224. The minimum Gasteiger partial charge on any atom is -0.458 e. The Bertz CT molecular complexity index is 2210. The molecular formula is C45H44BNO. The number of benzene rings is 6. The van der Waals surface area contributed by atoms with Gasteiger partial charge in [-0.1, -0.05) is 140 Å². The molecule has 0 amide bonds. The van der Waals surface area contributed by atoms with Crippen LogP contribution in [0, 0.1) is 0 Å². The molecule has 8 rings (SSSR count). The van der Waals surface area contributed by atoms with Crippen molar-refractivity contribution >= 4 is 50.9 Å². The van der Waals surface area contributed by atoms with Gasteiger partial charge in [0.1, 0.15) is 11.5 Å². The Morgan fingerprint density at radius 3 is 2.06 bits per heavy atom. The molecule has 0 radical (unpaired) electrons. The van der Waals surface area contributed by atoms with E-state index >= 15 is 0 Å². The average molecular weight is 626 g/mol. The van der Waals surface area contributed by atoms with E-state index in [0.29, 0.717) is 0 Å². The number of nitrogens with zero attached hydrogens (tertiary/aromatic N) is 1. The Kier molecular flexibility index (Phi) is 6.77. The first-order valence-electron chi connectivity index (χ1n) is 17.3. The smallest absolute Gasteiger partial charge is 0.251 e. The number of para-hydroxylation sites is 1. The van der Waals surface area contributed by atoms with Gasteiger partial charge in [0.15, 0.2) is 0 Å². The molecular weight excluding hydrogens is 581 g/mol. The Morgan fingerprint density at radius 1 is 0.604 bits per heavy atom. The fourth-order valence-corrected chi connectivity index (χ4v) is 8.24. The maximum absolute atomic E-state index is 6.82. The van der Waals surface area contributed by atoms with Crippen LogP contribution in [0.25, 0.3) is 10.8 Å². The van der Waals surface area contributed by atoms with Gasteiger partial charge in [0.25, 0.3) is 6.71 Å². The van der Waals surface area contributed by atoms with Crippen LogP contribution in [0.3, 0.4) is 0 Å². The summed E-state index contributed by atoms with van der Waals surface area (Å²) in [5, 5.41) is 2.46. The van der Waals surface area contributed by atoms with Crippen molar-refractivity contribution in [1.82, 2.24) is 0 Å². The normalized spacial score (nSPS) is 14.5. The second-order valence-electron chi connectivity index (χ2n) is 16.3. The van der Waals surface area contributed by atoms with Gasteiger partial charge in [-0.2, -0.15) is 0 Å². The number of rotatable bonds is 3. The summed E-state index contributed by atoms with van der Waals surface area (Å²) in [5.74, 6) is 1.94. The standard InChI is InChI=1S/C45H44BNO/c1-43(2,3)30-21-25-39-37(27-30)46-36-28-32(47(31-17-10-9-11-18-31)38-20-14-16-29-15-12-13-19-33(29)38)22-23-34(36)45(7,8)41-35(44(4,5)6)24-26-40(48-39)42(41)46/h9-28H,1-8H3. The third-order valence-electron chi connectivity index (χ3n) is 10.6. The van der Waals surface area contributed by atoms with Crippen molar-refractivity contribution in [2.45, 2.75) is 71.6 Å². The van der Waals surface area contributed by atoms with Crippen molar-refractivity contribution in [1.29, 1.82) is 0 Å². The fraction of sp³-hybridized carbons (Fsp3) is 0.244. The zero-order valence-electron chi connectivity index (χ0n) is 29.5. The second-order valence-corrected chi connectivity index (χ2v) is 16.3. The minimum absolute atomic E-state index is 0.0164. The van der Waals surface area contributed by atoms with Crippen molar-refractivity contribution in [3.63, 3.8) is 0 Å². The molecule has 2 heterocycles. The van der Waals surface area contributed by atoms with Crippen LogP contribution in [0.4, 0.5) is 17.1 Å². The summed E-state index contributed by atoms with van der Waals surface area (Å²) in [4.78, 5) is 2.43. The molecule has 6 aromatic carbocycles. The lowest BCUT2D eigenvalue weighted by Gasteiger charge is -2.45. The molecule has 0 saturated heterocycles. The predicted molar refractivity (Wildman–Crippen MR) is 206 cm³/mol. The number of anilines is 3. The molecule has 48 heavy (non-hydrogen) atoms. The van der Waals surface area contributed by atoms with Crippen LogP contribution in [0.5, 0.6) is 11.5 Å². The molecule has 2 aliphatic heterocycles. The summed E-state index contributed by atoms with van der Waals surface area (Å²) in [7, 11) is 0. The van der Waals surface area contributed by atoms with Crippen molar-refractivity contribution in [3.05, 3.63) is 144 Å². The van der Waals surface area contributed by atoms with E-state index in [4.69, 9.17) is 4.74 Å². The van der Waals surface area contributed by atoms with E-state index in [1.807, 2.05) is 0 Å². The quantitative estimate of drug-likeness (QED) is 0.181. The molecule has 2 aliphatic rings. The lowest BCUT2D eigenvalue weighted by atomic mass is 9.30. The SMILES string of the molecule is CC(C)(C)c1ccc2c(c1)B1c3cc(N(c4ccccc4)c4cccc5ccccc45)ccc3C(C)(C)c3c(C(C)(C)C)ccc(c31)O2. The lowest BCUT2D eigenvalue weighted by Crippen LogP contribution is -2.63. The predicted octanol–water partition coefficient (Wildman–Crippen LogP) is 10.2. The summed E-state index contributed by atoms with van der Waals surface area (Å²) in [5.41, 5.74) is 12.7. The average Bonchev–Trinajstić information content (AvgIpc) is 3.06. The Balaban J connectivity index is 1.44. The van der Waals surface area contributed by atoms with Gasteiger partial charge in [0, 0.05) is 22.2 Å². The molecule has 0 fully saturated rings. The molecule has 0 atom stereocenters. The molecule has 0 aromatic heterocycles. The molecule has 0 spiro atoms. The molecule has 0 saturated carbocycles. The molecule has 0 unspecified atom stereocenters. The van der Waals surface area contributed by atoms with E-state index < -0.39 is 0 Å². The highest BCUT2D eigenvalue weighted by molar-refractivity contribution is 6.98. The number of ether oxygens (including phenoxy) is 1. The van der Waals surface area contributed by atoms with Crippen LogP contribution in [0.2, 0.25) is 0 Å². The van der Waals surface area contributed by atoms with Crippen molar-refractivity contribution in [2.75, 3.05) is 4.90 Å². The van der Waals surface area contributed by atoms with Crippen LogP contribution >= 0.6 is 0 Å². The van der Waals surface area contributed by atoms with Gasteiger partial charge in [-0.05, 0) is 91.9 Å². The van der Waals surface area contributed by atoms with Crippen LogP contribution < -0.4 is 26.0 Å². The summed E-state index contributed by atoms with van der Waals surface area (Å²) >= 11 is 0. The Labute approximate surface area is 286 Å². The van der Waals surface area contributed by atoms with Gasteiger partial charge in [-0.3, -0.25) is 0 Å². The zero-order chi connectivity index (χ0) is 33.6. The molecule has 238 valence electrons. The number of fused-ring (bicyclic) bond motifs is 5. The monoisotopic (exact) mass is 625 g/mol. The van der Waals surface area contributed by atoms with Crippen LogP contribution in [0.1, 0.15) is 77.6 Å². The maximum atomic E-state index is 6.82. The topological polar surface area (TPSA) is 12.5 Å². The van der Waals surface area contributed by atoms with Gasteiger partial charge in [-0.15, -0.1) is 0 Å². The summed E-state index contributed by atoms with van der Waals surface area (Å²) in [6, 6.07) is 44.8. The van der Waals surface area contributed by atoms with Gasteiger partial charge in [-0.25, -0.2) is 0 Å². The van der Waals surface area contributed by atoms with E-state index in [1.54, 1.807) is 0 Å². The lowest BCUT2D eigenvalue weighted by molar-refractivity contribution is 0.479. The third kappa shape index (κ3) is 4.70. The fourth-order valence-electron chi connectivity index (χ4n) is 8.24. The first-order valence-corrected chi connectivity index (χ1v) is 17.3. The van der Waals surface area contributed by atoms with Crippen molar-refractivity contribution in [3.8, 4) is 11.5 Å². The van der Waals surface area contributed by atoms with Crippen molar-refractivity contribution in [2.24, 2.45) is 0 Å². The van der Waals surface area contributed by atoms with Gasteiger partial charge < -0.3 is 9.64 Å². The van der Waals surface area contributed by atoms with Crippen LogP contribution in [0.15, 0.2) is 121 Å². The molecule has 0 aliphatic carbocycles. The van der Waals surface area contributed by atoms with E-state index in [2.05, 4.69) is 182 Å². The highest BCUT2D eigenvalue weighted by Gasteiger charge is 2.47. The molecule has 0 bridgehead atoms. The summed E-state index contributed by atoms with van der Waals surface area (Å²) in [6.07, 6.45) is 0. The van der Waals surface area contributed by atoms with Gasteiger partial charge >= 0.3 is 0 Å². The van der Waals surface area contributed by atoms with E-state index in [1.165, 1.54) is 55.1 Å². The number of hydrogen-bond acceptors (Lipinski definition) is 2. The first-order chi connectivity index (χ1) is 22.8. The highest BCUT2D eigenvalue weighted by Crippen LogP contribution is 2.45. The largest absolute Gasteiger partial charge is 0.458 e. The Hall–Kier alpha value is -4.76. The first kappa shape index (κ1) is 30.6. The molecule has 2 nitrogen and oxygen atoms in total. The zero-order valence-corrected chi connectivity index (χ0v) is 29.5. The van der Waals surface area contributed by atoms with Crippen LogP contribution in [-0.4, -0.2) is 6.71 Å². The number of hydrogen-bond donors (Lipinski definition) is 0. The third-order valence-corrected chi connectivity index (χ3v) is 10.6. The summed E-state index contributed by atoms with van der Waals surface area (Å²) < 4.78 is 6.82. The molecule has 3 heteroatoms. The molecule has 0 N–H and O–H groups in total. The Morgan fingerprint density at radius 2 is 1.31 bits per heavy atom. The van der Waals surface area contributed by atoms with Crippen LogP contribution in [-0.2, 0) is 16.2 Å². The summed E-state index contributed by atoms with van der Waals surface area (Å²) in [6.45, 7) is 18.8.